The highest BCUT2D eigenvalue weighted by Gasteiger charge is 2.28. The van der Waals surface area contributed by atoms with Crippen LogP contribution in [0.5, 0.6) is 0 Å². The van der Waals surface area contributed by atoms with Gasteiger partial charge in [0.15, 0.2) is 0 Å². The molecule has 1 saturated heterocycles. The number of rotatable bonds is 3. The predicted molar refractivity (Wildman–Crippen MR) is 107 cm³/mol. The molecular weight excluding hydrogens is 362 g/mol. The quantitative estimate of drug-likeness (QED) is 0.755. The summed E-state index contributed by atoms with van der Waals surface area (Å²) in [5.74, 6) is -0.0433. The average Bonchev–Trinajstić information content (AvgIpc) is 3.00. The van der Waals surface area contributed by atoms with Gasteiger partial charge < -0.3 is 5.32 Å². The van der Waals surface area contributed by atoms with Crippen molar-refractivity contribution in [3.8, 4) is 0 Å². The Kier molecular flexibility index (Phi) is 4.31. The van der Waals surface area contributed by atoms with E-state index in [1.807, 2.05) is 31.2 Å². The molecule has 0 radical (unpaired) electrons. The van der Waals surface area contributed by atoms with E-state index in [2.05, 4.69) is 10.3 Å². The Hall–Kier alpha value is -2.93. The first-order valence-corrected chi connectivity index (χ1v) is 10.3. The van der Waals surface area contributed by atoms with Gasteiger partial charge in [0.1, 0.15) is 0 Å². The fourth-order valence-electron chi connectivity index (χ4n) is 3.33. The maximum atomic E-state index is 12.8. The lowest BCUT2D eigenvalue weighted by Crippen LogP contribution is -2.25. The third-order valence-electron chi connectivity index (χ3n) is 4.60. The highest BCUT2D eigenvalue weighted by Crippen LogP contribution is 2.26. The second kappa shape index (κ2) is 6.66. The molecule has 27 heavy (non-hydrogen) atoms. The molecule has 1 fully saturated rings. The Morgan fingerprint density at radius 3 is 2.56 bits per heavy atom. The first-order chi connectivity index (χ1) is 12.9. The van der Waals surface area contributed by atoms with Gasteiger partial charge in [-0.3, -0.25) is 14.1 Å². The fraction of sp³-hybridized carbons (Fsp3) is 0.200. The number of aromatic nitrogens is 1. The number of hydrogen-bond acceptors (Lipinski definition) is 4. The van der Waals surface area contributed by atoms with Gasteiger partial charge in [0.2, 0.25) is 10.0 Å². The van der Waals surface area contributed by atoms with E-state index in [4.69, 9.17) is 0 Å². The zero-order chi connectivity index (χ0) is 19.0. The second-order valence-corrected chi connectivity index (χ2v) is 8.58. The molecule has 0 bridgehead atoms. The lowest BCUT2D eigenvalue weighted by atomic mass is 10.1. The van der Waals surface area contributed by atoms with Gasteiger partial charge in [-0.05, 0) is 49.7 Å². The Bertz CT molecular complexity index is 1120. The lowest BCUT2D eigenvalue weighted by Gasteiger charge is -2.17. The lowest BCUT2D eigenvalue weighted by molar-refractivity contribution is 0.102. The van der Waals surface area contributed by atoms with E-state index in [1.165, 1.54) is 4.31 Å². The molecule has 1 N–H and O–H groups in total. The van der Waals surface area contributed by atoms with E-state index in [0.717, 1.165) is 16.6 Å². The van der Waals surface area contributed by atoms with E-state index >= 15 is 0 Å². The van der Waals surface area contributed by atoms with Gasteiger partial charge in [-0.2, -0.15) is 0 Å². The van der Waals surface area contributed by atoms with E-state index in [9.17, 15) is 13.2 Å². The van der Waals surface area contributed by atoms with Crippen LogP contribution >= 0.6 is 0 Å². The van der Waals surface area contributed by atoms with Crippen molar-refractivity contribution in [1.82, 2.24) is 4.98 Å². The van der Waals surface area contributed by atoms with Crippen LogP contribution in [0.3, 0.4) is 0 Å². The first kappa shape index (κ1) is 17.5. The molecule has 2 heterocycles. The van der Waals surface area contributed by atoms with Crippen LogP contribution in [0.25, 0.3) is 10.9 Å². The van der Waals surface area contributed by atoms with Crippen LogP contribution in [-0.4, -0.2) is 31.6 Å². The van der Waals surface area contributed by atoms with Crippen molar-refractivity contribution in [2.24, 2.45) is 0 Å². The van der Waals surface area contributed by atoms with E-state index in [-0.39, 0.29) is 11.7 Å². The standard InChI is InChI=1S/C20H19N3O3S/c1-14-13-18(17-5-2-3-6-19(17)21-14)20(24)22-15-7-9-16(10-8-15)23-11-4-12-27(23,25)26/h2-3,5-10,13H,4,11-12H2,1H3,(H,22,24). The molecule has 6 nitrogen and oxygen atoms in total. The molecule has 0 aliphatic carbocycles. The van der Waals surface area contributed by atoms with Gasteiger partial charge in [-0.25, -0.2) is 8.42 Å². The predicted octanol–water partition coefficient (Wildman–Crippen LogP) is 3.34. The maximum absolute atomic E-state index is 12.8. The van der Waals surface area contributed by atoms with Crippen LogP contribution < -0.4 is 9.62 Å². The second-order valence-electron chi connectivity index (χ2n) is 6.57. The molecule has 2 aromatic carbocycles. The number of hydrogen-bond donors (Lipinski definition) is 1. The van der Waals surface area contributed by atoms with Crippen LogP contribution in [0, 0.1) is 6.92 Å². The smallest absolute Gasteiger partial charge is 0.256 e. The number of aryl methyl sites for hydroxylation is 1. The molecule has 7 heteroatoms. The van der Waals surface area contributed by atoms with Crippen LogP contribution in [0.15, 0.2) is 54.6 Å². The summed E-state index contributed by atoms with van der Waals surface area (Å²) in [6, 6.07) is 16.2. The van der Waals surface area contributed by atoms with Gasteiger partial charge >= 0.3 is 0 Å². The van der Waals surface area contributed by atoms with Crippen LogP contribution in [0.4, 0.5) is 11.4 Å². The van der Waals surface area contributed by atoms with Gasteiger partial charge in [0.25, 0.3) is 5.91 Å². The number of pyridine rings is 1. The van der Waals surface area contributed by atoms with Crippen molar-refractivity contribution >= 4 is 38.2 Å². The molecule has 4 rings (SSSR count). The minimum absolute atomic E-state index is 0.181. The van der Waals surface area contributed by atoms with Gasteiger partial charge in [0.05, 0.1) is 22.5 Å². The number of amides is 1. The number of carbonyl (C=O) groups is 1. The van der Waals surface area contributed by atoms with Gasteiger partial charge in [-0.15, -0.1) is 0 Å². The third kappa shape index (κ3) is 3.38. The number of carbonyl (C=O) groups excluding carboxylic acids is 1. The molecule has 138 valence electrons. The highest BCUT2D eigenvalue weighted by molar-refractivity contribution is 7.93. The van der Waals surface area contributed by atoms with E-state index in [1.54, 1.807) is 30.3 Å². The number of fused-ring (bicyclic) bond motifs is 1. The number of nitrogens with zero attached hydrogens (tertiary/aromatic N) is 2. The van der Waals surface area contributed by atoms with Crippen molar-refractivity contribution < 1.29 is 13.2 Å². The number of sulfonamides is 1. The average molecular weight is 381 g/mol. The number of para-hydroxylation sites is 1. The highest BCUT2D eigenvalue weighted by atomic mass is 32.2. The van der Waals surface area contributed by atoms with Crippen LogP contribution in [0.1, 0.15) is 22.5 Å². The summed E-state index contributed by atoms with van der Waals surface area (Å²) in [6.07, 6.45) is 0.634. The Morgan fingerprint density at radius 1 is 1.11 bits per heavy atom. The largest absolute Gasteiger partial charge is 0.322 e. The first-order valence-electron chi connectivity index (χ1n) is 8.72. The monoisotopic (exact) mass is 381 g/mol. The topological polar surface area (TPSA) is 79.4 Å². The normalized spacial score (nSPS) is 15.8. The molecule has 1 aromatic heterocycles. The number of anilines is 2. The van der Waals surface area contributed by atoms with Crippen molar-refractivity contribution in [3.05, 3.63) is 65.9 Å². The van der Waals surface area contributed by atoms with Crippen molar-refractivity contribution in [3.63, 3.8) is 0 Å². The van der Waals surface area contributed by atoms with Crippen LogP contribution in [0.2, 0.25) is 0 Å². The molecule has 0 atom stereocenters. The fourth-order valence-corrected chi connectivity index (χ4v) is 4.90. The maximum Gasteiger partial charge on any atom is 0.256 e. The SMILES string of the molecule is Cc1cc(C(=O)Nc2ccc(N3CCCS3(=O)=O)cc2)c2ccccc2n1. The Balaban J connectivity index is 1.59. The zero-order valence-corrected chi connectivity index (χ0v) is 15.7. The summed E-state index contributed by atoms with van der Waals surface area (Å²) in [4.78, 5) is 17.2. The molecule has 0 spiro atoms. The summed E-state index contributed by atoms with van der Waals surface area (Å²) in [7, 11) is -3.21. The summed E-state index contributed by atoms with van der Waals surface area (Å²) in [5, 5.41) is 3.67. The minimum atomic E-state index is -3.21. The Morgan fingerprint density at radius 2 is 1.85 bits per heavy atom. The summed E-state index contributed by atoms with van der Waals surface area (Å²) < 4.78 is 25.4. The minimum Gasteiger partial charge on any atom is -0.322 e. The summed E-state index contributed by atoms with van der Waals surface area (Å²) in [5.41, 5.74) is 3.34. The molecule has 1 amide bonds. The van der Waals surface area contributed by atoms with Gasteiger partial charge in [0, 0.05) is 23.3 Å². The molecular formula is C20H19N3O3S. The molecule has 1 aliphatic rings. The van der Waals surface area contributed by atoms with Crippen molar-refractivity contribution in [1.29, 1.82) is 0 Å². The summed E-state index contributed by atoms with van der Waals surface area (Å²) >= 11 is 0. The molecule has 3 aromatic rings. The van der Waals surface area contributed by atoms with E-state index < -0.39 is 10.0 Å². The van der Waals surface area contributed by atoms with E-state index in [0.29, 0.717) is 29.9 Å². The van der Waals surface area contributed by atoms with Crippen molar-refractivity contribution in [2.45, 2.75) is 13.3 Å². The molecule has 1 aliphatic heterocycles. The Labute approximate surface area is 157 Å². The van der Waals surface area contributed by atoms with Crippen LogP contribution in [-0.2, 0) is 10.0 Å². The van der Waals surface area contributed by atoms with Crippen molar-refractivity contribution in [2.75, 3.05) is 21.9 Å². The summed E-state index contributed by atoms with van der Waals surface area (Å²) in [6.45, 7) is 2.35. The van der Waals surface area contributed by atoms with Gasteiger partial charge in [-0.1, -0.05) is 18.2 Å². The number of benzene rings is 2. The zero-order valence-electron chi connectivity index (χ0n) is 14.8. The molecule has 0 saturated carbocycles. The molecule has 0 unspecified atom stereocenters. The third-order valence-corrected chi connectivity index (χ3v) is 6.47. The number of nitrogens with one attached hydrogen (secondary N) is 1.